The molecule has 3 aliphatic rings. The normalized spacial score (nSPS) is 28.8. The van der Waals surface area contributed by atoms with Crippen LogP contribution in [0.5, 0.6) is 0 Å². The number of nitrogens with zero attached hydrogens (tertiary/aromatic N) is 2. The summed E-state index contributed by atoms with van der Waals surface area (Å²) < 4.78 is 44.9. The van der Waals surface area contributed by atoms with Crippen LogP contribution in [-0.2, 0) is 33.5 Å². The van der Waals surface area contributed by atoms with Crippen LogP contribution in [0.1, 0.15) is 82.5 Å². The van der Waals surface area contributed by atoms with E-state index in [2.05, 4.69) is 24.1 Å². The average Bonchev–Trinajstić information content (AvgIpc) is 3.27. The topological polar surface area (TPSA) is 71.5 Å². The molecule has 9 heteroatoms. The molecule has 2 saturated carbocycles. The van der Waals surface area contributed by atoms with Crippen LogP contribution in [0.4, 0.5) is 13.2 Å². The predicted molar refractivity (Wildman–Crippen MR) is 129 cm³/mol. The molecule has 2 heterocycles. The Morgan fingerprint density at radius 2 is 2.03 bits per heavy atom. The Morgan fingerprint density at radius 3 is 2.72 bits per heavy atom. The van der Waals surface area contributed by atoms with Crippen molar-refractivity contribution in [3.05, 3.63) is 29.1 Å². The lowest BCUT2D eigenvalue weighted by molar-refractivity contribution is -0.149. The molecule has 1 amide bonds. The predicted octanol–water partition coefficient (Wildman–Crippen LogP) is 4.89. The number of hydrogen-bond donors (Lipinski definition) is 1. The summed E-state index contributed by atoms with van der Waals surface area (Å²) in [6, 6.07) is 1.55. The highest BCUT2D eigenvalue weighted by molar-refractivity contribution is 5.83. The van der Waals surface area contributed by atoms with Crippen molar-refractivity contribution in [1.82, 2.24) is 15.2 Å². The molecule has 4 rings (SSSR count). The Bertz CT molecular complexity index is 967. The number of fused-ring (bicyclic) bond motifs is 1. The minimum Gasteiger partial charge on any atom is -0.466 e. The van der Waals surface area contributed by atoms with Crippen LogP contribution in [0.15, 0.2) is 12.3 Å². The molecule has 1 aliphatic heterocycles. The molecule has 6 nitrogen and oxygen atoms in total. The summed E-state index contributed by atoms with van der Waals surface area (Å²) in [5, 5.41) is 3.74. The second-order valence-corrected chi connectivity index (χ2v) is 11.0. The Balaban J connectivity index is 1.43. The van der Waals surface area contributed by atoms with Crippen LogP contribution in [0, 0.1) is 17.3 Å². The van der Waals surface area contributed by atoms with Crippen LogP contribution in [-0.4, -0.2) is 47.0 Å². The number of carbonyl (C=O) groups excluding carboxylic acids is 2. The number of pyridine rings is 1. The Kier molecular flexibility index (Phi) is 7.98. The van der Waals surface area contributed by atoms with E-state index in [1.165, 1.54) is 0 Å². The van der Waals surface area contributed by atoms with Gasteiger partial charge in [-0.25, -0.2) is 0 Å². The van der Waals surface area contributed by atoms with Crippen molar-refractivity contribution >= 4 is 11.9 Å². The lowest BCUT2D eigenvalue weighted by Gasteiger charge is -2.40. The SMILES string of the molecule is CCOC(=O)C1CCCC(NC2CCC(C(=O)N3CCc4ncc(C(F)(F)F)cc4C3)(C(C)C)C2)C1. The van der Waals surface area contributed by atoms with E-state index < -0.39 is 17.2 Å². The van der Waals surface area contributed by atoms with E-state index in [1.54, 1.807) is 4.90 Å². The maximum absolute atomic E-state index is 13.9. The van der Waals surface area contributed by atoms with E-state index in [0.29, 0.717) is 37.3 Å². The second kappa shape index (κ2) is 10.7. The number of esters is 1. The molecule has 2 aliphatic carbocycles. The molecular weight excluding hydrogens is 471 g/mol. The monoisotopic (exact) mass is 509 g/mol. The number of ether oxygens (including phenoxy) is 1. The molecule has 200 valence electrons. The zero-order valence-electron chi connectivity index (χ0n) is 21.5. The van der Waals surface area contributed by atoms with Crippen molar-refractivity contribution in [1.29, 1.82) is 0 Å². The number of rotatable bonds is 6. The van der Waals surface area contributed by atoms with Gasteiger partial charge in [0.15, 0.2) is 0 Å². The number of aromatic nitrogens is 1. The van der Waals surface area contributed by atoms with Crippen molar-refractivity contribution in [3.63, 3.8) is 0 Å². The fraction of sp³-hybridized carbons (Fsp3) is 0.741. The fourth-order valence-corrected chi connectivity index (χ4v) is 6.40. The average molecular weight is 510 g/mol. The second-order valence-electron chi connectivity index (χ2n) is 11.0. The van der Waals surface area contributed by atoms with Crippen LogP contribution in [0.3, 0.4) is 0 Å². The maximum atomic E-state index is 13.9. The van der Waals surface area contributed by atoms with Crippen molar-refractivity contribution in [2.24, 2.45) is 17.3 Å². The first-order chi connectivity index (χ1) is 17.0. The number of halogens is 3. The first-order valence-electron chi connectivity index (χ1n) is 13.3. The maximum Gasteiger partial charge on any atom is 0.417 e. The third-order valence-corrected chi connectivity index (χ3v) is 8.50. The van der Waals surface area contributed by atoms with Gasteiger partial charge < -0.3 is 15.0 Å². The van der Waals surface area contributed by atoms with Gasteiger partial charge in [-0.3, -0.25) is 14.6 Å². The van der Waals surface area contributed by atoms with Gasteiger partial charge in [-0.15, -0.1) is 0 Å². The summed E-state index contributed by atoms with van der Waals surface area (Å²) in [5.74, 6) is -0.0391. The van der Waals surface area contributed by atoms with Gasteiger partial charge in [-0.2, -0.15) is 13.2 Å². The zero-order chi connectivity index (χ0) is 26.1. The van der Waals surface area contributed by atoms with Crippen molar-refractivity contribution in [2.75, 3.05) is 13.2 Å². The molecule has 2 fully saturated rings. The summed E-state index contributed by atoms with van der Waals surface area (Å²) in [4.78, 5) is 31.9. The summed E-state index contributed by atoms with van der Waals surface area (Å²) in [6.45, 7) is 6.99. The summed E-state index contributed by atoms with van der Waals surface area (Å²) in [6.07, 6.45) is 2.82. The van der Waals surface area contributed by atoms with E-state index in [4.69, 9.17) is 4.74 Å². The van der Waals surface area contributed by atoms with E-state index in [9.17, 15) is 22.8 Å². The highest BCUT2D eigenvalue weighted by Gasteiger charge is 2.50. The molecule has 0 bridgehead atoms. The third-order valence-electron chi connectivity index (χ3n) is 8.50. The van der Waals surface area contributed by atoms with Gasteiger partial charge in [0.2, 0.25) is 5.91 Å². The van der Waals surface area contributed by atoms with E-state index in [0.717, 1.165) is 50.8 Å². The molecule has 0 saturated heterocycles. The minimum absolute atomic E-state index is 0.0397. The molecule has 1 N–H and O–H groups in total. The number of alkyl halides is 3. The number of hydrogen-bond acceptors (Lipinski definition) is 5. The van der Waals surface area contributed by atoms with Crippen LogP contribution in [0.2, 0.25) is 0 Å². The molecule has 0 radical (unpaired) electrons. The Hall–Kier alpha value is -2.16. The fourth-order valence-electron chi connectivity index (χ4n) is 6.40. The van der Waals surface area contributed by atoms with Gasteiger partial charge in [-0.05, 0) is 63.0 Å². The van der Waals surface area contributed by atoms with Gasteiger partial charge in [-0.1, -0.05) is 20.3 Å². The molecule has 4 atom stereocenters. The first kappa shape index (κ1) is 26.9. The largest absolute Gasteiger partial charge is 0.466 e. The van der Waals surface area contributed by atoms with Gasteiger partial charge in [0, 0.05) is 43.5 Å². The standard InChI is InChI=1S/C27H38F3N3O3/c1-4-36-24(34)18-6-5-7-21(13-18)32-22-8-10-26(14-22,17(2)3)25(35)33-11-9-23-19(16-33)12-20(15-31-23)27(28,29)30/h12,15,17-18,21-22,32H,4-11,13-14,16H2,1-3H3. The molecule has 0 spiro atoms. The molecule has 0 aromatic carbocycles. The lowest BCUT2D eigenvalue weighted by Crippen LogP contribution is -2.49. The number of nitrogens with one attached hydrogen (secondary N) is 1. The highest BCUT2D eigenvalue weighted by Crippen LogP contribution is 2.47. The number of carbonyl (C=O) groups is 2. The van der Waals surface area contributed by atoms with Gasteiger partial charge in [0.05, 0.1) is 23.5 Å². The summed E-state index contributed by atoms with van der Waals surface area (Å²) in [7, 11) is 0. The van der Waals surface area contributed by atoms with Gasteiger partial charge in [0.1, 0.15) is 0 Å². The molecule has 36 heavy (non-hydrogen) atoms. The Morgan fingerprint density at radius 1 is 1.25 bits per heavy atom. The Labute approximate surface area is 211 Å². The van der Waals surface area contributed by atoms with E-state index in [-0.39, 0.29) is 42.3 Å². The van der Waals surface area contributed by atoms with Crippen LogP contribution >= 0.6 is 0 Å². The van der Waals surface area contributed by atoms with E-state index >= 15 is 0 Å². The van der Waals surface area contributed by atoms with Gasteiger partial charge in [0.25, 0.3) is 0 Å². The van der Waals surface area contributed by atoms with Crippen LogP contribution < -0.4 is 5.32 Å². The third kappa shape index (κ3) is 5.55. The van der Waals surface area contributed by atoms with Crippen molar-refractivity contribution in [2.45, 2.75) is 96.9 Å². The zero-order valence-corrected chi connectivity index (χ0v) is 21.5. The first-order valence-corrected chi connectivity index (χ1v) is 13.3. The van der Waals surface area contributed by atoms with Crippen molar-refractivity contribution in [3.8, 4) is 0 Å². The summed E-state index contributed by atoms with van der Waals surface area (Å²) in [5.41, 5.74) is -0.180. The summed E-state index contributed by atoms with van der Waals surface area (Å²) >= 11 is 0. The van der Waals surface area contributed by atoms with Crippen molar-refractivity contribution < 1.29 is 27.5 Å². The molecule has 4 unspecified atom stereocenters. The number of amides is 1. The molecule has 1 aromatic rings. The molecule has 1 aromatic heterocycles. The lowest BCUT2D eigenvalue weighted by atomic mass is 9.73. The highest BCUT2D eigenvalue weighted by atomic mass is 19.4. The van der Waals surface area contributed by atoms with Gasteiger partial charge >= 0.3 is 12.1 Å². The minimum atomic E-state index is -4.46. The molecular formula is C27H38F3N3O3. The quantitative estimate of drug-likeness (QED) is 0.553. The van der Waals surface area contributed by atoms with E-state index in [1.807, 2.05) is 6.92 Å². The van der Waals surface area contributed by atoms with Crippen LogP contribution in [0.25, 0.3) is 0 Å². The smallest absolute Gasteiger partial charge is 0.417 e.